The molecule has 4 rings (SSSR count). The first-order chi connectivity index (χ1) is 12.6. The number of halogens is 1. The first kappa shape index (κ1) is 19.8. The summed E-state index contributed by atoms with van der Waals surface area (Å²) in [5.41, 5.74) is 2.43. The largest absolute Gasteiger partial charge is 0.344 e. The van der Waals surface area contributed by atoms with E-state index < -0.39 is 0 Å². The molecule has 1 aromatic carbocycles. The Hall–Kier alpha value is -1.92. The van der Waals surface area contributed by atoms with Gasteiger partial charge in [0.15, 0.2) is 0 Å². The van der Waals surface area contributed by atoms with Gasteiger partial charge in [0.05, 0.1) is 0 Å². The maximum Gasteiger partial charge on any atom is 0.249 e. The van der Waals surface area contributed by atoms with Crippen LogP contribution in [0.1, 0.15) is 50.6 Å². The van der Waals surface area contributed by atoms with E-state index in [2.05, 4.69) is 39.8 Å². The van der Waals surface area contributed by atoms with Crippen molar-refractivity contribution < 1.29 is 9.32 Å². The van der Waals surface area contributed by atoms with E-state index in [1.54, 1.807) is 0 Å². The average molecular weight is 391 g/mol. The molecule has 6 nitrogen and oxygen atoms in total. The van der Waals surface area contributed by atoms with Crippen LogP contribution in [-0.4, -0.2) is 29.1 Å². The van der Waals surface area contributed by atoms with Crippen molar-refractivity contribution in [1.29, 1.82) is 0 Å². The van der Waals surface area contributed by atoms with Crippen molar-refractivity contribution in [3.05, 3.63) is 35.7 Å². The van der Waals surface area contributed by atoms with Gasteiger partial charge in [0.25, 0.3) is 0 Å². The van der Waals surface area contributed by atoms with Gasteiger partial charge in [-0.2, -0.15) is 4.98 Å². The predicted molar refractivity (Wildman–Crippen MR) is 106 cm³/mol. The topological polar surface area (TPSA) is 80.0 Å². The molecule has 27 heavy (non-hydrogen) atoms. The summed E-state index contributed by atoms with van der Waals surface area (Å²) < 4.78 is 5.39. The molecule has 2 aromatic rings. The van der Waals surface area contributed by atoms with Crippen LogP contribution in [0.15, 0.2) is 28.8 Å². The molecular weight excluding hydrogens is 364 g/mol. The number of nitrogens with one attached hydrogen (secondary N) is 2. The highest BCUT2D eigenvalue weighted by atomic mass is 35.5. The van der Waals surface area contributed by atoms with E-state index in [4.69, 9.17) is 4.52 Å². The lowest BCUT2D eigenvalue weighted by molar-refractivity contribution is -0.124. The molecule has 146 valence electrons. The molecule has 0 radical (unpaired) electrons. The van der Waals surface area contributed by atoms with Crippen LogP contribution in [0.2, 0.25) is 0 Å². The van der Waals surface area contributed by atoms with Gasteiger partial charge in [-0.15, -0.1) is 12.4 Å². The lowest BCUT2D eigenvalue weighted by Gasteiger charge is -2.23. The summed E-state index contributed by atoms with van der Waals surface area (Å²) in [6.45, 7) is 6.05. The smallest absolute Gasteiger partial charge is 0.249 e. The Balaban J connectivity index is 0.00000210. The molecule has 1 aliphatic heterocycles. The van der Waals surface area contributed by atoms with Crippen molar-refractivity contribution in [2.75, 3.05) is 13.1 Å². The monoisotopic (exact) mass is 390 g/mol. The third-order valence-electron chi connectivity index (χ3n) is 5.90. The van der Waals surface area contributed by atoms with Crippen LogP contribution >= 0.6 is 12.4 Å². The molecule has 2 unspecified atom stereocenters. The lowest BCUT2D eigenvalue weighted by atomic mass is 9.91. The standard InChI is InChI=1S/C20H26N4O2.ClH/c1-3-14-4-6-15(7-5-14)17-23-19(26-24-17)13(2)22-18(25)16-12-20(16)8-10-21-11-9-20;/h4-7,13,16,21H,3,8-12H2,1-2H3,(H,22,25);1H. The second-order valence-corrected chi connectivity index (χ2v) is 7.61. The zero-order valence-electron chi connectivity index (χ0n) is 15.8. The van der Waals surface area contributed by atoms with Gasteiger partial charge in [-0.05, 0) is 56.7 Å². The van der Waals surface area contributed by atoms with Crippen LogP contribution in [0.3, 0.4) is 0 Å². The highest BCUT2D eigenvalue weighted by Gasteiger charge is 2.57. The molecule has 1 aromatic heterocycles. The fraction of sp³-hybridized carbons (Fsp3) is 0.550. The van der Waals surface area contributed by atoms with Gasteiger partial charge in [-0.1, -0.05) is 36.3 Å². The number of piperidine rings is 1. The van der Waals surface area contributed by atoms with Crippen LogP contribution in [0.4, 0.5) is 0 Å². The summed E-state index contributed by atoms with van der Waals surface area (Å²) >= 11 is 0. The number of hydrogen-bond donors (Lipinski definition) is 2. The van der Waals surface area contributed by atoms with Crippen molar-refractivity contribution in [2.24, 2.45) is 11.3 Å². The minimum absolute atomic E-state index is 0. The van der Waals surface area contributed by atoms with Crippen molar-refractivity contribution >= 4 is 18.3 Å². The van der Waals surface area contributed by atoms with Crippen LogP contribution < -0.4 is 10.6 Å². The van der Waals surface area contributed by atoms with Gasteiger partial charge in [-0.25, -0.2) is 0 Å². The molecular formula is C20H27ClN4O2. The third kappa shape index (κ3) is 4.01. The fourth-order valence-corrected chi connectivity index (χ4v) is 3.99. The molecule has 0 bridgehead atoms. The van der Waals surface area contributed by atoms with Gasteiger partial charge in [0.1, 0.15) is 6.04 Å². The summed E-state index contributed by atoms with van der Waals surface area (Å²) in [6, 6.07) is 7.87. The van der Waals surface area contributed by atoms with Crippen LogP contribution in [0.5, 0.6) is 0 Å². The zero-order valence-corrected chi connectivity index (χ0v) is 16.6. The minimum Gasteiger partial charge on any atom is -0.344 e. The molecule has 2 fully saturated rings. The van der Waals surface area contributed by atoms with E-state index in [0.717, 1.165) is 44.3 Å². The number of benzene rings is 1. The Morgan fingerprint density at radius 1 is 1.33 bits per heavy atom. The average Bonchev–Trinajstić information content (AvgIpc) is 3.14. The van der Waals surface area contributed by atoms with Gasteiger partial charge in [0, 0.05) is 11.5 Å². The first-order valence-corrected chi connectivity index (χ1v) is 9.55. The maximum absolute atomic E-state index is 12.6. The number of aryl methyl sites for hydroxylation is 1. The van der Waals surface area contributed by atoms with Crippen molar-refractivity contribution in [3.8, 4) is 11.4 Å². The summed E-state index contributed by atoms with van der Waals surface area (Å²) in [4.78, 5) is 17.1. The molecule has 2 atom stereocenters. The van der Waals surface area contributed by atoms with E-state index in [-0.39, 0.29) is 35.7 Å². The highest BCUT2D eigenvalue weighted by Crippen LogP contribution is 2.58. The van der Waals surface area contributed by atoms with Crippen LogP contribution in [0, 0.1) is 11.3 Å². The van der Waals surface area contributed by atoms with Crippen LogP contribution in [0.25, 0.3) is 11.4 Å². The summed E-state index contributed by atoms with van der Waals surface area (Å²) in [7, 11) is 0. The normalized spacial score (nSPS) is 21.3. The Kier molecular flexibility index (Phi) is 5.86. The first-order valence-electron chi connectivity index (χ1n) is 9.55. The molecule has 2 N–H and O–H groups in total. The van der Waals surface area contributed by atoms with E-state index in [1.807, 2.05) is 19.1 Å². The number of carbonyl (C=O) groups excluding carboxylic acids is 1. The van der Waals surface area contributed by atoms with E-state index in [0.29, 0.717) is 11.7 Å². The van der Waals surface area contributed by atoms with Gasteiger partial charge in [-0.3, -0.25) is 4.79 Å². The number of rotatable bonds is 5. The van der Waals surface area contributed by atoms with Crippen LogP contribution in [-0.2, 0) is 11.2 Å². The highest BCUT2D eigenvalue weighted by molar-refractivity contribution is 5.85. The Bertz CT molecular complexity index is 784. The van der Waals surface area contributed by atoms with Crippen molar-refractivity contribution in [2.45, 2.75) is 45.6 Å². The number of amides is 1. The number of carbonyl (C=O) groups is 1. The Morgan fingerprint density at radius 3 is 2.70 bits per heavy atom. The van der Waals surface area contributed by atoms with E-state index in [1.165, 1.54) is 5.56 Å². The number of aromatic nitrogens is 2. The Labute approximate surface area is 165 Å². The van der Waals surface area contributed by atoms with Crippen molar-refractivity contribution in [3.63, 3.8) is 0 Å². The molecule has 1 saturated heterocycles. The molecule has 1 spiro atoms. The third-order valence-corrected chi connectivity index (χ3v) is 5.90. The van der Waals surface area contributed by atoms with E-state index >= 15 is 0 Å². The number of nitrogens with zero attached hydrogens (tertiary/aromatic N) is 2. The summed E-state index contributed by atoms with van der Waals surface area (Å²) in [5, 5.41) is 10.5. The summed E-state index contributed by atoms with van der Waals surface area (Å²) in [6.07, 6.45) is 4.20. The second kappa shape index (κ2) is 7.98. The van der Waals surface area contributed by atoms with Gasteiger partial charge in [0.2, 0.25) is 17.6 Å². The SMILES string of the molecule is CCc1ccc(-c2noc(C(C)NC(=O)C3CC34CCNCC4)n2)cc1.Cl. The van der Waals surface area contributed by atoms with E-state index in [9.17, 15) is 4.79 Å². The maximum atomic E-state index is 12.6. The second-order valence-electron chi connectivity index (χ2n) is 7.61. The lowest BCUT2D eigenvalue weighted by Crippen LogP contribution is -2.34. The fourth-order valence-electron chi connectivity index (χ4n) is 3.99. The molecule has 1 amide bonds. The predicted octanol–water partition coefficient (Wildman–Crippen LogP) is 3.29. The molecule has 1 saturated carbocycles. The zero-order chi connectivity index (χ0) is 18.1. The summed E-state index contributed by atoms with van der Waals surface area (Å²) in [5.74, 6) is 1.26. The van der Waals surface area contributed by atoms with Crippen molar-refractivity contribution in [1.82, 2.24) is 20.8 Å². The molecule has 2 aliphatic rings. The van der Waals surface area contributed by atoms with Gasteiger partial charge < -0.3 is 15.2 Å². The molecule has 1 aliphatic carbocycles. The molecule has 7 heteroatoms. The minimum atomic E-state index is -0.280. The number of hydrogen-bond acceptors (Lipinski definition) is 5. The molecule has 2 heterocycles. The quantitative estimate of drug-likeness (QED) is 0.818. The Morgan fingerprint density at radius 2 is 2.04 bits per heavy atom. The van der Waals surface area contributed by atoms with Gasteiger partial charge >= 0.3 is 0 Å².